The zero-order valence-electron chi connectivity index (χ0n) is 11.9. The first-order chi connectivity index (χ1) is 9.86. The first-order valence-corrected chi connectivity index (χ1v) is 7.52. The summed E-state index contributed by atoms with van der Waals surface area (Å²) >= 11 is 9.74. The maximum atomic E-state index is 12.2. The van der Waals surface area contributed by atoms with E-state index in [1.165, 1.54) is 0 Å². The third-order valence-electron chi connectivity index (χ3n) is 3.00. The summed E-state index contributed by atoms with van der Waals surface area (Å²) < 4.78 is 7.56. The van der Waals surface area contributed by atoms with Gasteiger partial charge in [0.05, 0.1) is 38.7 Å². The number of aryl methyl sites for hydroxylation is 1. The van der Waals surface area contributed by atoms with Gasteiger partial charge in [-0.05, 0) is 48.8 Å². The number of carbonyl (C=O) groups is 1. The van der Waals surface area contributed by atoms with E-state index in [1.807, 2.05) is 13.8 Å². The number of anilines is 1. The van der Waals surface area contributed by atoms with Gasteiger partial charge in [0.2, 0.25) is 0 Å². The Hall–Kier alpha value is -1.53. The average molecular weight is 373 g/mol. The molecule has 0 saturated carbocycles. The minimum atomic E-state index is -0.481. The maximum Gasteiger partial charge on any atom is 0.340 e. The number of halogens is 2. The lowest BCUT2D eigenvalue weighted by molar-refractivity contribution is 0.0526. The second-order valence-corrected chi connectivity index (χ2v) is 5.72. The van der Waals surface area contributed by atoms with E-state index in [9.17, 15) is 4.79 Å². The molecule has 2 rings (SSSR count). The molecule has 0 saturated heterocycles. The highest BCUT2D eigenvalue weighted by atomic mass is 79.9. The first kappa shape index (κ1) is 15.9. The van der Waals surface area contributed by atoms with Crippen molar-refractivity contribution >= 4 is 39.2 Å². The van der Waals surface area contributed by atoms with Crippen LogP contribution in [0.4, 0.5) is 5.69 Å². The Morgan fingerprint density at radius 1 is 1.48 bits per heavy atom. The van der Waals surface area contributed by atoms with E-state index < -0.39 is 5.97 Å². The minimum Gasteiger partial charge on any atom is -0.462 e. The normalized spacial score (nSPS) is 10.7. The summed E-state index contributed by atoms with van der Waals surface area (Å²) in [4.78, 5) is 12.2. The first-order valence-electron chi connectivity index (χ1n) is 6.35. The number of rotatable bonds is 3. The molecule has 0 amide bonds. The second-order valence-electron chi connectivity index (χ2n) is 4.52. The van der Waals surface area contributed by atoms with E-state index in [1.54, 1.807) is 23.7 Å². The summed E-state index contributed by atoms with van der Waals surface area (Å²) in [5, 5.41) is 4.75. The molecule has 2 N–H and O–H groups in total. The second kappa shape index (κ2) is 6.07. The molecule has 0 unspecified atom stereocenters. The number of aromatic nitrogens is 2. The van der Waals surface area contributed by atoms with Gasteiger partial charge in [-0.2, -0.15) is 5.10 Å². The Kier molecular flexibility index (Phi) is 4.58. The molecule has 21 heavy (non-hydrogen) atoms. The van der Waals surface area contributed by atoms with Crippen LogP contribution in [-0.4, -0.2) is 22.4 Å². The number of hydrogen-bond donors (Lipinski definition) is 1. The number of nitrogen functional groups attached to an aromatic ring is 1. The summed E-state index contributed by atoms with van der Waals surface area (Å²) in [6.07, 6.45) is 0. The van der Waals surface area contributed by atoms with E-state index in [0.717, 1.165) is 15.9 Å². The predicted octanol–water partition coefficient (Wildman–Crippen LogP) is 3.66. The fraction of sp³-hybridized carbons (Fsp3) is 0.286. The minimum absolute atomic E-state index is 0.269. The summed E-state index contributed by atoms with van der Waals surface area (Å²) in [5.41, 5.74) is 8.58. The van der Waals surface area contributed by atoms with E-state index in [2.05, 4.69) is 21.0 Å². The molecule has 0 aliphatic rings. The lowest BCUT2D eigenvalue weighted by atomic mass is 10.1. The summed E-state index contributed by atoms with van der Waals surface area (Å²) in [7, 11) is 0. The van der Waals surface area contributed by atoms with Gasteiger partial charge in [0, 0.05) is 5.69 Å². The lowest BCUT2D eigenvalue weighted by Crippen LogP contribution is -2.12. The molecule has 1 heterocycles. The number of benzene rings is 1. The Bertz CT molecular complexity index is 713. The molecule has 1 aromatic carbocycles. The Morgan fingerprint density at radius 3 is 2.67 bits per heavy atom. The van der Waals surface area contributed by atoms with E-state index in [4.69, 9.17) is 22.1 Å². The Labute approximate surface area is 136 Å². The highest BCUT2D eigenvalue weighted by Crippen LogP contribution is 2.31. The summed E-state index contributed by atoms with van der Waals surface area (Å²) in [6, 6.07) is 3.13. The van der Waals surface area contributed by atoms with Crippen molar-refractivity contribution in [2.75, 3.05) is 12.3 Å². The Balaban J connectivity index is 2.72. The van der Waals surface area contributed by atoms with Crippen molar-refractivity contribution in [3.63, 3.8) is 0 Å². The molecule has 0 aliphatic carbocycles. The van der Waals surface area contributed by atoms with Crippen molar-refractivity contribution in [3.8, 4) is 5.69 Å². The van der Waals surface area contributed by atoms with Crippen LogP contribution in [0.2, 0.25) is 5.02 Å². The number of hydrogen-bond acceptors (Lipinski definition) is 4. The molecule has 0 spiro atoms. The summed E-state index contributed by atoms with van der Waals surface area (Å²) in [5.74, 6) is -0.481. The lowest BCUT2D eigenvalue weighted by Gasteiger charge is -2.13. The number of nitrogens with zero attached hydrogens (tertiary/aromatic N) is 2. The van der Waals surface area contributed by atoms with Gasteiger partial charge in [-0.25, -0.2) is 9.48 Å². The van der Waals surface area contributed by atoms with Crippen LogP contribution >= 0.6 is 27.5 Å². The van der Waals surface area contributed by atoms with Gasteiger partial charge in [0.15, 0.2) is 0 Å². The van der Waals surface area contributed by atoms with Crippen LogP contribution in [0.1, 0.15) is 28.7 Å². The van der Waals surface area contributed by atoms with Crippen LogP contribution in [-0.2, 0) is 4.74 Å². The van der Waals surface area contributed by atoms with Crippen molar-refractivity contribution < 1.29 is 9.53 Å². The van der Waals surface area contributed by atoms with Crippen molar-refractivity contribution in [3.05, 3.63) is 38.6 Å². The van der Waals surface area contributed by atoms with Crippen molar-refractivity contribution in [1.82, 2.24) is 9.78 Å². The third-order valence-corrected chi connectivity index (χ3v) is 4.43. The van der Waals surface area contributed by atoms with Gasteiger partial charge >= 0.3 is 5.97 Å². The smallest absolute Gasteiger partial charge is 0.340 e. The third kappa shape index (κ3) is 2.91. The molecule has 5 nitrogen and oxygen atoms in total. The van der Waals surface area contributed by atoms with Gasteiger partial charge in [-0.1, -0.05) is 11.6 Å². The molecule has 0 fully saturated rings. The van der Waals surface area contributed by atoms with E-state index in [-0.39, 0.29) is 6.61 Å². The summed E-state index contributed by atoms with van der Waals surface area (Å²) in [6.45, 7) is 5.76. The van der Waals surface area contributed by atoms with Crippen molar-refractivity contribution in [1.29, 1.82) is 0 Å². The van der Waals surface area contributed by atoms with Crippen LogP contribution in [0.3, 0.4) is 0 Å². The fourth-order valence-corrected chi connectivity index (χ4v) is 2.60. The van der Waals surface area contributed by atoms with Gasteiger partial charge in [-0.3, -0.25) is 0 Å². The van der Waals surface area contributed by atoms with Crippen LogP contribution in [0.5, 0.6) is 0 Å². The average Bonchev–Trinajstić information content (AvgIpc) is 2.66. The standard InChI is InChI=1S/C14H15BrClN3O2/c1-4-21-14(20)10-5-9(17)6-11(16)13(10)19-8(3)12(15)7(2)18-19/h5-6H,4,17H2,1-3H3. The highest BCUT2D eigenvalue weighted by molar-refractivity contribution is 9.10. The van der Waals surface area contributed by atoms with E-state index >= 15 is 0 Å². The van der Waals surface area contributed by atoms with Gasteiger partial charge in [0.1, 0.15) is 0 Å². The van der Waals surface area contributed by atoms with Crippen LogP contribution in [0.15, 0.2) is 16.6 Å². The van der Waals surface area contributed by atoms with Crippen molar-refractivity contribution in [2.24, 2.45) is 0 Å². The molecule has 0 bridgehead atoms. The molecule has 0 atom stereocenters. The van der Waals surface area contributed by atoms with E-state index in [0.29, 0.717) is 22.0 Å². The van der Waals surface area contributed by atoms with Crippen LogP contribution < -0.4 is 5.73 Å². The monoisotopic (exact) mass is 371 g/mol. The molecule has 112 valence electrons. The van der Waals surface area contributed by atoms with Gasteiger partial charge < -0.3 is 10.5 Å². The molecule has 7 heteroatoms. The number of ether oxygens (including phenoxy) is 1. The molecule has 0 aliphatic heterocycles. The molecule has 1 aromatic heterocycles. The molecule has 0 radical (unpaired) electrons. The SMILES string of the molecule is CCOC(=O)c1cc(N)cc(Cl)c1-n1nc(C)c(Br)c1C. The quantitative estimate of drug-likeness (QED) is 0.659. The fourth-order valence-electron chi connectivity index (χ4n) is 2.04. The van der Waals surface area contributed by atoms with Crippen LogP contribution in [0, 0.1) is 13.8 Å². The largest absolute Gasteiger partial charge is 0.462 e. The molecular weight excluding hydrogens is 358 g/mol. The maximum absolute atomic E-state index is 12.2. The number of carbonyl (C=O) groups excluding carboxylic acids is 1. The van der Waals surface area contributed by atoms with Gasteiger partial charge in [-0.15, -0.1) is 0 Å². The van der Waals surface area contributed by atoms with Crippen molar-refractivity contribution in [2.45, 2.75) is 20.8 Å². The zero-order valence-corrected chi connectivity index (χ0v) is 14.2. The highest BCUT2D eigenvalue weighted by Gasteiger charge is 2.21. The van der Waals surface area contributed by atoms with Gasteiger partial charge in [0.25, 0.3) is 0 Å². The zero-order chi connectivity index (χ0) is 15.7. The number of nitrogens with two attached hydrogens (primary N) is 1. The number of esters is 1. The molecular formula is C14H15BrClN3O2. The topological polar surface area (TPSA) is 70.1 Å². The van der Waals surface area contributed by atoms with Crippen LogP contribution in [0.25, 0.3) is 5.69 Å². The molecule has 2 aromatic rings. The Morgan fingerprint density at radius 2 is 2.14 bits per heavy atom. The predicted molar refractivity (Wildman–Crippen MR) is 86.1 cm³/mol.